The van der Waals surface area contributed by atoms with Crippen molar-refractivity contribution in [2.45, 2.75) is 75.6 Å². The number of nitrogens with zero attached hydrogens (tertiary/aromatic N) is 1. The van der Waals surface area contributed by atoms with Crippen molar-refractivity contribution in [1.29, 1.82) is 5.26 Å². The van der Waals surface area contributed by atoms with Crippen molar-refractivity contribution in [3.63, 3.8) is 0 Å². The van der Waals surface area contributed by atoms with Crippen molar-refractivity contribution in [2.24, 2.45) is 5.92 Å². The minimum Gasteiger partial charge on any atom is -0.296 e. The second-order valence-electron chi connectivity index (χ2n) is 6.23. The molecule has 102 valence electrons. The first-order chi connectivity index (χ1) is 8.66. The van der Waals surface area contributed by atoms with Gasteiger partial charge in [0.2, 0.25) is 0 Å². The SMILES string of the molecule is CC(C)NC(C#N)(CSC1CCCCC1)C1CC1. The van der Waals surface area contributed by atoms with Gasteiger partial charge in [0.05, 0.1) is 6.07 Å². The number of rotatable bonds is 6. The Balaban J connectivity index is 1.90. The molecule has 0 spiro atoms. The fraction of sp³-hybridized carbons (Fsp3) is 0.933. The number of thioether (sulfide) groups is 1. The van der Waals surface area contributed by atoms with E-state index in [0.29, 0.717) is 12.0 Å². The molecular formula is C15H26N2S. The molecule has 18 heavy (non-hydrogen) atoms. The molecule has 2 nitrogen and oxygen atoms in total. The van der Waals surface area contributed by atoms with Crippen LogP contribution < -0.4 is 5.32 Å². The molecule has 0 amide bonds. The van der Waals surface area contributed by atoms with E-state index in [9.17, 15) is 5.26 Å². The molecule has 0 aromatic carbocycles. The molecular weight excluding hydrogens is 240 g/mol. The summed E-state index contributed by atoms with van der Waals surface area (Å²) in [6.45, 7) is 4.31. The Hall–Kier alpha value is -0.200. The zero-order valence-electron chi connectivity index (χ0n) is 11.7. The van der Waals surface area contributed by atoms with Gasteiger partial charge in [0.1, 0.15) is 5.54 Å². The van der Waals surface area contributed by atoms with Crippen LogP contribution in [0, 0.1) is 17.2 Å². The van der Waals surface area contributed by atoms with Gasteiger partial charge in [-0.25, -0.2) is 0 Å². The maximum absolute atomic E-state index is 9.64. The monoisotopic (exact) mass is 266 g/mol. The van der Waals surface area contributed by atoms with Crippen molar-refractivity contribution < 1.29 is 0 Å². The van der Waals surface area contributed by atoms with E-state index in [4.69, 9.17) is 0 Å². The fourth-order valence-corrected chi connectivity index (χ4v) is 4.55. The maximum atomic E-state index is 9.64. The number of hydrogen-bond acceptors (Lipinski definition) is 3. The molecule has 3 heteroatoms. The summed E-state index contributed by atoms with van der Waals surface area (Å²) in [5.74, 6) is 1.58. The highest BCUT2D eigenvalue weighted by Crippen LogP contribution is 2.43. The van der Waals surface area contributed by atoms with Crippen molar-refractivity contribution in [2.75, 3.05) is 5.75 Å². The molecule has 2 aliphatic rings. The summed E-state index contributed by atoms with van der Waals surface area (Å²) in [6, 6.07) is 3.02. The predicted octanol–water partition coefficient (Wildman–Crippen LogP) is 3.72. The van der Waals surface area contributed by atoms with E-state index in [1.165, 1.54) is 44.9 Å². The minimum atomic E-state index is -0.254. The molecule has 1 N–H and O–H groups in total. The third-order valence-corrected chi connectivity index (χ3v) is 5.68. The summed E-state index contributed by atoms with van der Waals surface area (Å²) in [5.41, 5.74) is -0.254. The summed E-state index contributed by atoms with van der Waals surface area (Å²) in [7, 11) is 0. The highest BCUT2D eigenvalue weighted by molar-refractivity contribution is 8.00. The first kappa shape index (κ1) is 14.2. The Morgan fingerprint density at radius 2 is 1.89 bits per heavy atom. The van der Waals surface area contributed by atoms with Crippen LogP contribution in [0.15, 0.2) is 0 Å². The van der Waals surface area contributed by atoms with Crippen LogP contribution in [0.5, 0.6) is 0 Å². The van der Waals surface area contributed by atoms with Gasteiger partial charge in [0.15, 0.2) is 0 Å². The first-order valence-electron chi connectivity index (χ1n) is 7.47. The van der Waals surface area contributed by atoms with Gasteiger partial charge in [0, 0.05) is 17.0 Å². The standard InChI is InChI=1S/C15H26N2S/c1-12(2)17-15(10-16,13-8-9-13)11-18-14-6-4-3-5-7-14/h12-14,17H,3-9,11H2,1-2H3. The summed E-state index contributed by atoms with van der Waals surface area (Å²) >= 11 is 2.05. The number of nitriles is 1. The number of hydrogen-bond donors (Lipinski definition) is 1. The molecule has 0 heterocycles. The van der Waals surface area contributed by atoms with E-state index in [-0.39, 0.29) is 5.54 Å². The Morgan fingerprint density at radius 1 is 1.22 bits per heavy atom. The van der Waals surface area contributed by atoms with Gasteiger partial charge in [-0.1, -0.05) is 19.3 Å². The second-order valence-corrected chi connectivity index (χ2v) is 7.52. The van der Waals surface area contributed by atoms with E-state index in [1.807, 2.05) is 0 Å². The molecule has 1 atom stereocenters. The molecule has 0 aromatic rings. The van der Waals surface area contributed by atoms with Crippen LogP contribution in [0.2, 0.25) is 0 Å². The third-order valence-electron chi connectivity index (χ3n) is 4.12. The van der Waals surface area contributed by atoms with Crippen molar-refractivity contribution in [3.8, 4) is 6.07 Å². The molecule has 0 radical (unpaired) electrons. The van der Waals surface area contributed by atoms with Crippen LogP contribution in [0.25, 0.3) is 0 Å². The van der Waals surface area contributed by atoms with Crippen LogP contribution in [0.3, 0.4) is 0 Å². The lowest BCUT2D eigenvalue weighted by atomic mass is 9.96. The molecule has 0 aromatic heterocycles. The smallest absolute Gasteiger partial charge is 0.118 e. The lowest BCUT2D eigenvalue weighted by Crippen LogP contribution is -2.51. The molecule has 0 aliphatic heterocycles. The molecule has 2 saturated carbocycles. The molecule has 2 fully saturated rings. The second kappa shape index (κ2) is 6.30. The quantitative estimate of drug-likeness (QED) is 0.796. The van der Waals surface area contributed by atoms with Crippen LogP contribution in [0.4, 0.5) is 0 Å². The molecule has 1 unspecified atom stereocenters. The largest absolute Gasteiger partial charge is 0.296 e. The fourth-order valence-electron chi connectivity index (χ4n) is 3.01. The van der Waals surface area contributed by atoms with Gasteiger partial charge in [-0.2, -0.15) is 17.0 Å². The Bertz CT molecular complexity index is 300. The summed E-state index contributed by atoms with van der Waals surface area (Å²) in [6.07, 6.45) is 9.37. The topological polar surface area (TPSA) is 35.8 Å². The average molecular weight is 266 g/mol. The summed E-state index contributed by atoms with van der Waals surface area (Å²) in [5, 5.41) is 14.0. The summed E-state index contributed by atoms with van der Waals surface area (Å²) < 4.78 is 0. The van der Waals surface area contributed by atoms with Crippen LogP contribution in [-0.2, 0) is 0 Å². The first-order valence-corrected chi connectivity index (χ1v) is 8.52. The average Bonchev–Trinajstić information content (AvgIpc) is 3.20. The van der Waals surface area contributed by atoms with Crippen molar-refractivity contribution >= 4 is 11.8 Å². The van der Waals surface area contributed by atoms with E-state index in [1.54, 1.807) is 0 Å². The van der Waals surface area contributed by atoms with Crippen LogP contribution >= 0.6 is 11.8 Å². The van der Waals surface area contributed by atoms with E-state index >= 15 is 0 Å². The highest BCUT2D eigenvalue weighted by atomic mass is 32.2. The Morgan fingerprint density at radius 3 is 2.39 bits per heavy atom. The van der Waals surface area contributed by atoms with E-state index in [0.717, 1.165) is 11.0 Å². The molecule has 2 aliphatic carbocycles. The van der Waals surface area contributed by atoms with E-state index in [2.05, 4.69) is 37.0 Å². The predicted molar refractivity (Wildman–Crippen MR) is 78.7 cm³/mol. The lowest BCUT2D eigenvalue weighted by molar-refractivity contribution is 0.369. The number of nitrogens with one attached hydrogen (secondary N) is 1. The van der Waals surface area contributed by atoms with Crippen molar-refractivity contribution in [3.05, 3.63) is 0 Å². The van der Waals surface area contributed by atoms with Crippen molar-refractivity contribution in [1.82, 2.24) is 5.32 Å². The van der Waals surface area contributed by atoms with Gasteiger partial charge < -0.3 is 0 Å². The van der Waals surface area contributed by atoms with Gasteiger partial charge in [-0.05, 0) is 45.4 Å². The minimum absolute atomic E-state index is 0.254. The lowest BCUT2D eigenvalue weighted by Gasteiger charge is -2.32. The third kappa shape index (κ3) is 3.65. The van der Waals surface area contributed by atoms with E-state index < -0.39 is 0 Å². The van der Waals surface area contributed by atoms with Gasteiger partial charge in [-0.3, -0.25) is 5.32 Å². The zero-order valence-corrected chi connectivity index (χ0v) is 12.6. The Kier molecular flexibility index (Phi) is 4.98. The molecule has 2 rings (SSSR count). The van der Waals surface area contributed by atoms with Crippen LogP contribution in [0.1, 0.15) is 58.8 Å². The molecule has 0 bridgehead atoms. The van der Waals surface area contributed by atoms with Gasteiger partial charge in [0.25, 0.3) is 0 Å². The molecule has 0 saturated heterocycles. The Labute approximate surface area is 116 Å². The van der Waals surface area contributed by atoms with Gasteiger partial charge >= 0.3 is 0 Å². The van der Waals surface area contributed by atoms with Gasteiger partial charge in [-0.15, -0.1) is 0 Å². The van der Waals surface area contributed by atoms with Crippen LogP contribution in [-0.4, -0.2) is 22.6 Å². The highest BCUT2D eigenvalue weighted by Gasteiger charge is 2.46. The normalized spacial score (nSPS) is 24.8. The maximum Gasteiger partial charge on any atom is 0.118 e. The zero-order chi connectivity index (χ0) is 13.0. The summed E-state index contributed by atoms with van der Waals surface area (Å²) in [4.78, 5) is 0.